The molecular weight excluding hydrogens is 224 g/mol. The monoisotopic (exact) mass is 246 g/mol. The minimum atomic E-state index is -0.0540. The Morgan fingerprint density at radius 2 is 1.83 bits per heavy atom. The molecule has 1 aromatic rings. The van der Waals surface area contributed by atoms with E-state index >= 15 is 0 Å². The van der Waals surface area contributed by atoms with E-state index in [-0.39, 0.29) is 6.29 Å². The second-order valence-electron chi connectivity index (χ2n) is 5.76. The van der Waals surface area contributed by atoms with Crippen molar-refractivity contribution in [3.8, 4) is 5.75 Å². The number of hydrogen-bond donors (Lipinski definition) is 0. The fraction of sp³-hybridized carbons (Fsp3) is 0.625. The van der Waals surface area contributed by atoms with Gasteiger partial charge in [0.2, 0.25) is 0 Å². The molecule has 0 amide bonds. The van der Waals surface area contributed by atoms with Gasteiger partial charge in [-0.1, -0.05) is 19.1 Å². The Balaban J connectivity index is 1.57. The molecule has 1 saturated carbocycles. The summed E-state index contributed by atoms with van der Waals surface area (Å²) in [5, 5.41) is 0. The van der Waals surface area contributed by atoms with E-state index < -0.39 is 0 Å². The van der Waals surface area contributed by atoms with E-state index in [0.717, 1.165) is 24.7 Å². The molecule has 2 aliphatic rings. The van der Waals surface area contributed by atoms with Crippen molar-refractivity contribution < 1.29 is 9.47 Å². The lowest BCUT2D eigenvalue weighted by Gasteiger charge is -2.17. The van der Waals surface area contributed by atoms with Crippen molar-refractivity contribution in [2.45, 2.75) is 51.2 Å². The first-order valence-corrected chi connectivity index (χ1v) is 7.19. The molecule has 18 heavy (non-hydrogen) atoms. The largest absolute Gasteiger partial charge is 0.465 e. The summed E-state index contributed by atoms with van der Waals surface area (Å²) in [7, 11) is 0. The predicted molar refractivity (Wildman–Crippen MR) is 71.8 cm³/mol. The molecule has 1 saturated heterocycles. The molecule has 2 nitrogen and oxygen atoms in total. The minimum absolute atomic E-state index is 0.0540. The van der Waals surface area contributed by atoms with E-state index in [1.54, 1.807) is 0 Å². The molecule has 1 aliphatic heterocycles. The van der Waals surface area contributed by atoms with Gasteiger partial charge in [0.1, 0.15) is 5.75 Å². The third-order valence-electron chi connectivity index (χ3n) is 3.90. The molecule has 2 unspecified atom stereocenters. The van der Waals surface area contributed by atoms with Crippen LogP contribution in [-0.4, -0.2) is 12.9 Å². The normalized spacial score (nSPS) is 28.7. The molecule has 1 heterocycles. The fourth-order valence-corrected chi connectivity index (χ4v) is 2.55. The van der Waals surface area contributed by atoms with Gasteiger partial charge in [-0.3, -0.25) is 0 Å². The van der Waals surface area contributed by atoms with Crippen molar-refractivity contribution in [2.24, 2.45) is 5.92 Å². The molecule has 1 aromatic carbocycles. The van der Waals surface area contributed by atoms with Crippen LogP contribution in [0.15, 0.2) is 24.3 Å². The van der Waals surface area contributed by atoms with Gasteiger partial charge in [0, 0.05) is 6.42 Å². The van der Waals surface area contributed by atoms with Gasteiger partial charge in [0.15, 0.2) is 6.29 Å². The summed E-state index contributed by atoms with van der Waals surface area (Å²) in [5.74, 6) is 2.42. The van der Waals surface area contributed by atoms with Crippen LogP contribution < -0.4 is 4.74 Å². The highest BCUT2D eigenvalue weighted by Gasteiger charge is 2.23. The molecule has 98 valence electrons. The highest BCUT2D eigenvalue weighted by Crippen LogP contribution is 2.40. The van der Waals surface area contributed by atoms with Crippen LogP contribution >= 0.6 is 0 Å². The number of rotatable bonds is 3. The van der Waals surface area contributed by atoms with Crippen LogP contribution in [0.2, 0.25) is 0 Å². The van der Waals surface area contributed by atoms with E-state index in [9.17, 15) is 0 Å². The first kappa shape index (κ1) is 12.0. The van der Waals surface area contributed by atoms with E-state index in [0.29, 0.717) is 5.92 Å². The summed E-state index contributed by atoms with van der Waals surface area (Å²) in [5.41, 5.74) is 1.46. The van der Waals surface area contributed by atoms with Gasteiger partial charge in [-0.25, -0.2) is 0 Å². The Morgan fingerprint density at radius 3 is 2.56 bits per heavy atom. The topological polar surface area (TPSA) is 18.5 Å². The summed E-state index contributed by atoms with van der Waals surface area (Å²) in [6.07, 6.45) is 6.11. The maximum Gasteiger partial charge on any atom is 0.199 e. The van der Waals surface area contributed by atoms with Gasteiger partial charge in [-0.15, -0.1) is 0 Å². The summed E-state index contributed by atoms with van der Waals surface area (Å²) < 4.78 is 11.7. The highest BCUT2D eigenvalue weighted by molar-refractivity contribution is 5.31. The lowest BCUT2D eigenvalue weighted by atomic mass is 10.1. The molecule has 2 atom stereocenters. The fourth-order valence-electron chi connectivity index (χ4n) is 2.55. The summed E-state index contributed by atoms with van der Waals surface area (Å²) in [6, 6.07) is 8.58. The zero-order valence-corrected chi connectivity index (χ0v) is 11.1. The molecule has 0 aromatic heterocycles. The van der Waals surface area contributed by atoms with Gasteiger partial charge in [-0.05, 0) is 55.2 Å². The zero-order valence-electron chi connectivity index (χ0n) is 11.1. The zero-order chi connectivity index (χ0) is 12.4. The highest BCUT2D eigenvalue weighted by atomic mass is 16.7. The third-order valence-corrected chi connectivity index (χ3v) is 3.90. The molecule has 3 rings (SSSR count). The quantitative estimate of drug-likeness (QED) is 0.799. The smallest absolute Gasteiger partial charge is 0.199 e. The van der Waals surface area contributed by atoms with Crippen molar-refractivity contribution in [1.82, 2.24) is 0 Å². The summed E-state index contributed by atoms with van der Waals surface area (Å²) >= 11 is 0. The molecule has 2 heteroatoms. The van der Waals surface area contributed by atoms with Crippen LogP contribution in [0.3, 0.4) is 0 Å². The lowest BCUT2D eigenvalue weighted by molar-refractivity contribution is -0.0835. The van der Waals surface area contributed by atoms with Crippen LogP contribution in [0, 0.1) is 5.92 Å². The Bertz CT molecular complexity index is 381. The van der Waals surface area contributed by atoms with Crippen LogP contribution in [0.1, 0.15) is 50.5 Å². The number of ether oxygens (including phenoxy) is 2. The Morgan fingerprint density at radius 1 is 1.06 bits per heavy atom. The standard InChI is InChI=1S/C16H22O2/c1-12-3-2-4-16(17-11-12)18-15-9-7-14(8-10-15)13-5-6-13/h7-10,12-13,16H,2-6,11H2,1H3. The predicted octanol–water partition coefficient (Wildman–Crippen LogP) is 4.11. The molecule has 2 fully saturated rings. The summed E-state index contributed by atoms with van der Waals surface area (Å²) in [6.45, 7) is 3.07. The molecule has 0 radical (unpaired) electrons. The maximum absolute atomic E-state index is 5.92. The SMILES string of the molecule is CC1CCCC(Oc2ccc(C3CC3)cc2)OC1. The van der Waals surface area contributed by atoms with E-state index in [1.807, 2.05) is 0 Å². The first-order valence-electron chi connectivity index (χ1n) is 7.19. The van der Waals surface area contributed by atoms with Gasteiger partial charge in [-0.2, -0.15) is 0 Å². The van der Waals surface area contributed by atoms with Crippen molar-refractivity contribution >= 4 is 0 Å². The Hall–Kier alpha value is -1.02. The van der Waals surface area contributed by atoms with Gasteiger partial charge >= 0.3 is 0 Å². The van der Waals surface area contributed by atoms with Crippen molar-refractivity contribution in [2.75, 3.05) is 6.61 Å². The number of benzene rings is 1. The first-order chi connectivity index (χ1) is 8.81. The van der Waals surface area contributed by atoms with Crippen LogP contribution in [-0.2, 0) is 4.74 Å². The second kappa shape index (κ2) is 5.31. The second-order valence-corrected chi connectivity index (χ2v) is 5.76. The van der Waals surface area contributed by atoms with Crippen molar-refractivity contribution in [3.63, 3.8) is 0 Å². The molecular formula is C16H22O2. The van der Waals surface area contributed by atoms with E-state index in [2.05, 4.69) is 31.2 Å². The van der Waals surface area contributed by atoms with Crippen LogP contribution in [0.4, 0.5) is 0 Å². The van der Waals surface area contributed by atoms with E-state index in [1.165, 1.54) is 31.2 Å². The minimum Gasteiger partial charge on any atom is -0.465 e. The van der Waals surface area contributed by atoms with E-state index in [4.69, 9.17) is 9.47 Å². The molecule has 1 aliphatic carbocycles. The average molecular weight is 246 g/mol. The maximum atomic E-state index is 5.92. The van der Waals surface area contributed by atoms with Gasteiger partial charge < -0.3 is 9.47 Å². The molecule has 0 N–H and O–H groups in total. The van der Waals surface area contributed by atoms with Crippen molar-refractivity contribution in [3.05, 3.63) is 29.8 Å². The van der Waals surface area contributed by atoms with Crippen molar-refractivity contribution in [1.29, 1.82) is 0 Å². The van der Waals surface area contributed by atoms with Crippen LogP contribution in [0.5, 0.6) is 5.75 Å². The average Bonchev–Trinajstić information content (AvgIpc) is 3.20. The molecule has 0 spiro atoms. The Kier molecular flexibility index (Phi) is 3.55. The summed E-state index contributed by atoms with van der Waals surface area (Å²) in [4.78, 5) is 0. The number of hydrogen-bond acceptors (Lipinski definition) is 2. The Labute approximate surface area is 109 Å². The van der Waals surface area contributed by atoms with Crippen LogP contribution in [0.25, 0.3) is 0 Å². The molecule has 0 bridgehead atoms. The van der Waals surface area contributed by atoms with Gasteiger partial charge in [0.05, 0.1) is 6.61 Å². The lowest BCUT2D eigenvalue weighted by Crippen LogP contribution is -2.20. The third kappa shape index (κ3) is 3.05. The van der Waals surface area contributed by atoms with Gasteiger partial charge in [0.25, 0.3) is 0 Å².